The minimum absolute atomic E-state index is 0.108. The number of fused-ring (bicyclic) bond motifs is 1. The van der Waals surface area contributed by atoms with Crippen molar-refractivity contribution in [1.82, 2.24) is 9.55 Å². The third-order valence-corrected chi connectivity index (χ3v) is 7.25. The summed E-state index contributed by atoms with van der Waals surface area (Å²) < 4.78 is 31.0. The van der Waals surface area contributed by atoms with E-state index in [9.17, 15) is 24.2 Å². The molecule has 5 unspecified atom stereocenters. The van der Waals surface area contributed by atoms with Crippen molar-refractivity contribution in [2.75, 3.05) is 0 Å². The van der Waals surface area contributed by atoms with E-state index in [2.05, 4.69) is 4.98 Å². The SMILES string of the molecule is CCC(O)P(=O)(O)OC(C)CC1C[C@@H](n2ccc(=O)[nH]c2=O)[C@@H]2OC(C)(C)OC12. The highest BCUT2D eigenvalue weighted by atomic mass is 31.2. The van der Waals surface area contributed by atoms with Crippen LogP contribution in [0.5, 0.6) is 0 Å². The Bertz CT molecular complexity index is 896. The molecule has 3 rings (SSSR count). The third kappa shape index (κ3) is 4.73. The number of aliphatic hydroxyl groups is 1. The molecule has 1 aromatic rings. The molecule has 29 heavy (non-hydrogen) atoms. The fourth-order valence-corrected chi connectivity index (χ4v) is 5.48. The van der Waals surface area contributed by atoms with E-state index >= 15 is 0 Å². The van der Waals surface area contributed by atoms with Crippen molar-refractivity contribution in [3.8, 4) is 0 Å². The number of aliphatic hydroxyl groups excluding tert-OH is 1. The van der Waals surface area contributed by atoms with Gasteiger partial charge in [-0.05, 0) is 46.0 Å². The van der Waals surface area contributed by atoms with Gasteiger partial charge in [0.2, 0.25) is 0 Å². The summed E-state index contributed by atoms with van der Waals surface area (Å²) in [5, 5.41) is 9.71. The predicted molar refractivity (Wildman–Crippen MR) is 104 cm³/mol. The van der Waals surface area contributed by atoms with Gasteiger partial charge in [0.25, 0.3) is 5.56 Å². The molecular weight excluding hydrogens is 403 g/mol. The van der Waals surface area contributed by atoms with Crippen molar-refractivity contribution in [2.45, 2.75) is 82.9 Å². The van der Waals surface area contributed by atoms with Crippen molar-refractivity contribution in [2.24, 2.45) is 5.92 Å². The summed E-state index contributed by atoms with van der Waals surface area (Å²) >= 11 is 0. The van der Waals surface area contributed by atoms with Gasteiger partial charge in [0.05, 0.1) is 18.2 Å². The van der Waals surface area contributed by atoms with Crippen molar-refractivity contribution in [3.63, 3.8) is 0 Å². The summed E-state index contributed by atoms with van der Waals surface area (Å²) in [5.74, 6) is -2.38. The van der Waals surface area contributed by atoms with Crippen molar-refractivity contribution >= 4 is 7.60 Å². The zero-order valence-electron chi connectivity index (χ0n) is 17.0. The average molecular weight is 432 g/mol. The van der Waals surface area contributed by atoms with Gasteiger partial charge in [-0.25, -0.2) is 4.79 Å². The van der Waals surface area contributed by atoms with Gasteiger partial charge in [-0.15, -0.1) is 0 Å². The minimum Gasteiger partial charge on any atom is -0.380 e. The Balaban J connectivity index is 1.80. The summed E-state index contributed by atoms with van der Waals surface area (Å²) in [5.41, 5.74) is -0.998. The molecule has 2 fully saturated rings. The fourth-order valence-electron chi connectivity index (χ4n) is 4.28. The summed E-state index contributed by atoms with van der Waals surface area (Å²) in [4.78, 5) is 35.9. The molecule has 0 bridgehead atoms. The first kappa shape index (κ1) is 22.4. The molecule has 1 saturated carbocycles. The first-order valence-electron chi connectivity index (χ1n) is 9.79. The molecule has 10 nitrogen and oxygen atoms in total. The molecule has 1 aliphatic carbocycles. The number of H-pyrrole nitrogens is 1. The number of nitrogens with zero attached hydrogens (tertiary/aromatic N) is 1. The van der Waals surface area contributed by atoms with Crippen LogP contribution in [0, 0.1) is 5.92 Å². The average Bonchev–Trinajstić information content (AvgIpc) is 3.07. The van der Waals surface area contributed by atoms with Gasteiger partial charge in [0.1, 0.15) is 6.10 Å². The molecule has 0 amide bonds. The lowest BCUT2D eigenvalue weighted by Gasteiger charge is -2.26. The lowest BCUT2D eigenvalue weighted by Crippen LogP contribution is -2.36. The Hall–Kier alpha value is -1.29. The van der Waals surface area contributed by atoms with E-state index in [0.29, 0.717) is 12.8 Å². The van der Waals surface area contributed by atoms with Crippen molar-refractivity contribution in [3.05, 3.63) is 33.1 Å². The Morgan fingerprint density at radius 3 is 2.66 bits per heavy atom. The Kier molecular flexibility index (Phi) is 6.25. The normalized spacial score (nSPS) is 32.5. The van der Waals surface area contributed by atoms with Crippen molar-refractivity contribution < 1.29 is 28.6 Å². The zero-order valence-corrected chi connectivity index (χ0v) is 17.9. The first-order valence-corrected chi connectivity index (χ1v) is 11.4. The van der Waals surface area contributed by atoms with E-state index in [0.717, 1.165) is 0 Å². The zero-order chi connectivity index (χ0) is 21.6. The Morgan fingerprint density at radius 1 is 1.38 bits per heavy atom. The molecule has 1 aromatic heterocycles. The number of aromatic amines is 1. The van der Waals surface area contributed by atoms with E-state index in [1.165, 1.54) is 16.8 Å². The first-order chi connectivity index (χ1) is 13.4. The van der Waals surface area contributed by atoms with Crippen molar-refractivity contribution in [1.29, 1.82) is 0 Å². The van der Waals surface area contributed by atoms with E-state index in [1.54, 1.807) is 27.7 Å². The molecule has 3 N–H and O–H groups in total. The molecule has 0 aromatic carbocycles. The van der Waals surface area contributed by atoms with Gasteiger partial charge in [-0.1, -0.05) is 6.92 Å². The summed E-state index contributed by atoms with van der Waals surface area (Å²) in [6, 6.07) is 0.926. The van der Waals surface area contributed by atoms with Gasteiger partial charge >= 0.3 is 13.3 Å². The maximum Gasteiger partial charge on any atom is 0.356 e. The van der Waals surface area contributed by atoms with Crippen LogP contribution < -0.4 is 11.2 Å². The lowest BCUT2D eigenvalue weighted by atomic mass is 9.98. The number of hydrogen-bond acceptors (Lipinski definition) is 7. The van der Waals surface area contributed by atoms with Crippen LogP contribution in [0.3, 0.4) is 0 Å². The number of rotatable bonds is 7. The summed E-state index contributed by atoms with van der Waals surface area (Å²) in [6.45, 7) is 6.84. The van der Waals surface area contributed by atoms with Crippen LogP contribution in [0.4, 0.5) is 0 Å². The maximum absolute atomic E-state index is 12.3. The Labute approximate surface area is 168 Å². The molecule has 164 valence electrons. The second-order valence-corrected chi connectivity index (χ2v) is 10.2. The van der Waals surface area contributed by atoms with Gasteiger partial charge in [-0.2, -0.15) is 0 Å². The van der Waals surface area contributed by atoms with E-state index < -0.39 is 42.7 Å². The third-order valence-electron chi connectivity index (χ3n) is 5.47. The Morgan fingerprint density at radius 2 is 2.03 bits per heavy atom. The fraction of sp³-hybridized carbons (Fsp3) is 0.778. The van der Waals surface area contributed by atoms with Crippen LogP contribution in [-0.4, -0.2) is 49.5 Å². The maximum atomic E-state index is 12.3. The smallest absolute Gasteiger partial charge is 0.356 e. The molecule has 2 heterocycles. The van der Waals surface area contributed by atoms with Crippen LogP contribution >= 0.6 is 7.60 Å². The van der Waals surface area contributed by atoms with Gasteiger partial charge in [0, 0.05) is 12.3 Å². The minimum atomic E-state index is -4.15. The van der Waals surface area contributed by atoms with E-state index in [4.69, 9.17) is 14.0 Å². The highest BCUT2D eigenvalue weighted by Gasteiger charge is 2.55. The molecule has 2 aliphatic rings. The molecule has 0 spiro atoms. The number of nitrogens with one attached hydrogen (secondary N) is 1. The molecular formula is C18H29N2O8P. The highest BCUT2D eigenvalue weighted by Crippen LogP contribution is 2.52. The topological polar surface area (TPSA) is 140 Å². The lowest BCUT2D eigenvalue weighted by molar-refractivity contribution is -0.161. The quantitative estimate of drug-likeness (QED) is 0.548. The van der Waals surface area contributed by atoms with Crippen LogP contribution in [0.25, 0.3) is 0 Å². The predicted octanol–water partition coefficient (Wildman–Crippen LogP) is 1.33. The van der Waals surface area contributed by atoms with Crippen LogP contribution in [-0.2, 0) is 18.6 Å². The second kappa shape index (κ2) is 8.09. The highest BCUT2D eigenvalue weighted by molar-refractivity contribution is 7.53. The van der Waals surface area contributed by atoms with Crippen LogP contribution in [0.15, 0.2) is 21.9 Å². The molecule has 7 atom stereocenters. The monoisotopic (exact) mass is 432 g/mol. The molecule has 1 aliphatic heterocycles. The van der Waals surface area contributed by atoms with Gasteiger partial charge in [0.15, 0.2) is 11.6 Å². The number of ether oxygens (including phenoxy) is 2. The molecule has 0 radical (unpaired) electrons. The summed E-state index contributed by atoms with van der Waals surface area (Å²) in [7, 11) is -4.15. The van der Waals surface area contributed by atoms with E-state index in [1.807, 2.05) is 0 Å². The number of hydrogen-bond donors (Lipinski definition) is 3. The van der Waals surface area contributed by atoms with Gasteiger partial charge < -0.3 is 24.0 Å². The molecule has 11 heteroatoms. The summed E-state index contributed by atoms with van der Waals surface area (Å²) in [6.07, 6.45) is 1.09. The van der Waals surface area contributed by atoms with Crippen LogP contribution in [0.1, 0.15) is 53.0 Å². The van der Waals surface area contributed by atoms with Gasteiger partial charge in [-0.3, -0.25) is 18.9 Å². The van der Waals surface area contributed by atoms with Crippen LogP contribution in [0.2, 0.25) is 0 Å². The second-order valence-electron chi connectivity index (χ2n) is 8.25. The van der Waals surface area contributed by atoms with E-state index in [-0.39, 0.29) is 24.5 Å². The number of aromatic nitrogens is 2. The standard InChI is InChI=1S/C18H29N2O8P/c1-5-14(22)29(24,25)28-10(2)8-11-9-12(16-15(11)26-18(3,4)27-16)20-7-6-13(21)19-17(20)23/h6-7,10-12,14-16,22H,5,8-9H2,1-4H3,(H,24,25)(H,19,21,23)/t10?,11?,12-,14?,15?,16+/m1/s1. The largest absolute Gasteiger partial charge is 0.380 e. The molecule has 1 saturated heterocycles.